The number of nitrogens with zero attached hydrogens (tertiary/aromatic N) is 1. The van der Waals surface area contributed by atoms with E-state index in [1.807, 2.05) is 13.8 Å². The van der Waals surface area contributed by atoms with Crippen molar-refractivity contribution in [3.8, 4) is 0 Å². The number of sulfonamides is 1. The summed E-state index contributed by atoms with van der Waals surface area (Å²) in [5.41, 5.74) is 0. The van der Waals surface area contributed by atoms with Gasteiger partial charge in [-0.1, -0.05) is 13.8 Å². The van der Waals surface area contributed by atoms with Crippen LogP contribution in [0.15, 0.2) is 0 Å². The Bertz CT molecular complexity index is 236. The minimum absolute atomic E-state index is 0.156. The highest BCUT2D eigenvalue weighted by atomic mass is 32.2. The van der Waals surface area contributed by atoms with Crippen LogP contribution in [0.2, 0.25) is 0 Å². The summed E-state index contributed by atoms with van der Waals surface area (Å²) in [4.78, 5) is 0. The molecule has 0 spiro atoms. The molecule has 0 rings (SSSR count). The summed E-state index contributed by atoms with van der Waals surface area (Å²) >= 11 is 0. The summed E-state index contributed by atoms with van der Waals surface area (Å²) in [5, 5.41) is 0. The Morgan fingerprint density at radius 2 is 1.93 bits per heavy atom. The van der Waals surface area contributed by atoms with Crippen molar-refractivity contribution in [1.82, 2.24) is 4.31 Å². The molecule has 0 aliphatic rings. The summed E-state index contributed by atoms with van der Waals surface area (Å²) in [6, 6.07) is 0. The van der Waals surface area contributed by atoms with Crippen LogP contribution in [0.4, 0.5) is 0 Å². The number of ether oxygens (including phenoxy) is 1. The maximum atomic E-state index is 11.6. The summed E-state index contributed by atoms with van der Waals surface area (Å²) < 4.78 is 29.6. The Morgan fingerprint density at radius 3 is 2.29 bits per heavy atom. The summed E-state index contributed by atoms with van der Waals surface area (Å²) in [5.74, 6) is 0.497. The SMILES string of the molecule is CCS(=O)(=O)N(CCOC)CC(C)C. The van der Waals surface area contributed by atoms with Crippen molar-refractivity contribution >= 4 is 10.0 Å². The molecule has 0 aromatic rings. The second-order valence-electron chi connectivity index (χ2n) is 3.65. The zero-order valence-electron chi connectivity index (χ0n) is 9.49. The van der Waals surface area contributed by atoms with Crippen molar-refractivity contribution in [3.05, 3.63) is 0 Å². The van der Waals surface area contributed by atoms with Gasteiger partial charge in [0.2, 0.25) is 10.0 Å². The molecule has 0 saturated carbocycles. The van der Waals surface area contributed by atoms with Crippen molar-refractivity contribution in [2.24, 2.45) is 5.92 Å². The molecule has 0 aliphatic heterocycles. The van der Waals surface area contributed by atoms with E-state index in [4.69, 9.17) is 4.74 Å². The molecule has 0 saturated heterocycles. The predicted octanol–water partition coefficient (Wildman–Crippen LogP) is 0.940. The van der Waals surface area contributed by atoms with Crippen LogP contribution in [0.5, 0.6) is 0 Å². The van der Waals surface area contributed by atoms with E-state index in [1.54, 1.807) is 14.0 Å². The van der Waals surface area contributed by atoms with Crippen LogP contribution >= 0.6 is 0 Å². The minimum Gasteiger partial charge on any atom is -0.383 e. The third-order valence-corrected chi connectivity index (χ3v) is 3.72. The van der Waals surface area contributed by atoms with E-state index in [2.05, 4.69) is 0 Å². The molecule has 0 bridgehead atoms. The quantitative estimate of drug-likeness (QED) is 0.645. The molecule has 4 nitrogen and oxygen atoms in total. The first kappa shape index (κ1) is 13.9. The van der Waals surface area contributed by atoms with Gasteiger partial charge in [0.25, 0.3) is 0 Å². The maximum absolute atomic E-state index is 11.6. The van der Waals surface area contributed by atoms with Gasteiger partial charge in [-0.3, -0.25) is 0 Å². The van der Waals surface area contributed by atoms with E-state index in [0.29, 0.717) is 25.6 Å². The number of hydrogen-bond acceptors (Lipinski definition) is 3. The van der Waals surface area contributed by atoms with Crippen LogP contribution in [-0.2, 0) is 14.8 Å². The Morgan fingerprint density at radius 1 is 1.36 bits per heavy atom. The Kier molecular flexibility index (Phi) is 6.31. The van der Waals surface area contributed by atoms with E-state index < -0.39 is 10.0 Å². The van der Waals surface area contributed by atoms with Crippen LogP contribution < -0.4 is 0 Å². The topological polar surface area (TPSA) is 46.6 Å². The molecule has 0 aromatic carbocycles. The first-order chi connectivity index (χ1) is 6.44. The fourth-order valence-electron chi connectivity index (χ4n) is 1.13. The van der Waals surface area contributed by atoms with Gasteiger partial charge in [-0.25, -0.2) is 8.42 Å². The molecule has 0 amide bonds. The highest BCUT2D eigenvalue weighted by Crippen LogP contribution is 2.05. The van der Waals surface area contributed by atoms with Crippen molar-refractivity contribution in [2.45, 2.75) is 20.8 Å². The van der Waals surface area contributed by atoms with Crippen molar-refractivity contribution in [2.75, 3.05) is 32.6 Å². The second kappa shape index (κ2) is 6.37. The molecule has 0 atom stereocenters. The van der Waals surface area contributed by atoms with E-state index in [9.17, 15) is 8.42 Å². The molecule has 86 valence electrons. The average Bonchev–Trinajstić information content (AvgIpc) is 2.11. The first-order valence-electron chi connectivity index (χ1n) is 4.90. The molecule has 0 fully saturated rings. The smallest absolute Gasteiger partial charge is 0.213 e. The third kappa shape index (κ3) is 4.93. The Labute approximate surface area is 87.3 Å². The summed E-state index contributed by atoms with van der Waals surface area (Å²) in [7, 11) is -1.50. The number of hydrogen-bond donors (Lipinski definition) is 0. The largest absolute Gasteiger partial charge is 0.383 e. The molecule has 0 N–H and O–H groups in total. The summed E-state index contributed by atoms with van der Waals surface area (Å²) in [6.45, 7) is 7.14. The van der Waals surface area contributed by atoms with Crippen molar-refractivity contribution in [3.63, 3.8) is 0 Å². The van der Waals surface area contributed by atoms with Crippen molar-refractivity contribution < 1.29 is 13.2 Å². The lowest BCUT2D eigenvalue weighted by molar-refractivity contribution is 0.175. The van der Waals surface area contributed by atoms with Gasteiger partial charge in [0.05, 0.1) is 12.4 Å². The molecule has 5 heteroatoms. The lowest BCUT2D eigenvalue weighted by Gasteiger charge is -2.22. The normalized spacial score (nSPS) is 12.7. The molecular weight excluding hydrogens is 202 g/mol. The van der Waals surface area contributed by atoms with Crippen LogP contribution in [-0.4, -0.2) is 45.3 Å². The first-order valence-corrected chi connectivity index (χ1v) is 6.51. The van der Waals surface area contributed by atoms with Gasteiger partial charge in [-0.05, 0) is 12.8 Å². The van der Waals surface area contributed by atoms with E-state index in [-0.39, 0.29) is 5.75 Å². The third-order valence-electron chi connectivity index (χ3n) is 1.87. The monoisotopic (exact) mass is 223 g/mol. The van der Waals surface area contributed by atoms with E-state index in [1.165, 1.54) is 4.31 Å². The van der Waals surface area contributed by atoms with E-state index >= 15 is 0 Å². The highest BCUT2D eigenvalue weighted by Gasteiger charge is 2.20. The van der Waals surface area contributed by atoms with Crippen molar-refractivity contribution in [1.29, 1.82) is 0 Å². The van der Waals surface area contributed by atoms with Gasteiger partial charge in [-0.2, -0.15) is 4.31 Å². The standard InChI is InChI=1S/C9H21NO3S/c1-5-14(11,12)10(6-7-13-4)8-9(2)3/h9H,5-8H2,1-4H3. The van der Waals surface area contributed by atoms with Gasteiger partial charge >= 0.3 is 0 Å². The van der Waals surface area contributed by atoms with Gasteiger partial charge < -0.3 is 4.74 Å². The highest BCUT2D eigenvalue weighted by molar-refractivity contribution is 7.89. The van der Waals surface area contributed by atoms with E-state index in [0.717, 1.165) is 0 Å². The average molecular weight is 223 g/mol. The fourth-order valence-corrected chi connectivity index (χ4v) is 2.37. The number of rotatable bonds is 7. The van der Waals surface area contributed by atoms with Crippen LogP contribution in [0.1, 0.15) is 20.8 Å². The number of methoxy groups -OCH3 is 1. The second-order valence-corrected chi connectivity index (χ2v) is 5.90. The lowest BCUT2D eigenvalue weighted by Crippen LogP contribution is -2.37. The molecule has 0 aromatic heterocycles. The van der Waals surface area contributed by atoms with Gasteiger partial charge in [-0.15, -0.1) is 0 Å². The fraction of sp³-hybridized carbons (Fsp3) is 1.00. The zero-order valence-corrected chi connectivity index (χ0v) is 10.3. The summed E-state index contributed by atoms with van der Waals surface area (Å²) in [6.07, 6.45) is 0. The molecule has 0 heterocycles. The van der Waals surface area contributed by atoms with Crippen LogP contribution in [0.3, 0.4) is 0 Å². The van der Waals surface area contributed by atoms with Crippen LogP contribution in [0, 0.1) is 5.92 Å². The molecule has 0 radical (unpaired) electrons. The van der Waals surface area contributed by atoms with Crippen LogP contribution in [0.25, 0.3) is 0 Å². The zero-order chi connectivity index (χ0) is 11.2. The maximum Gasteiger partial charge on any atom is 0.213 e. The van der Waals surface area contributed by atoms with Gasteiger partial charge in [0, 0.05) is 20.2 Å². The predicted molar refractivity (Wildman–Crippen MR) is 57.7 cm³/mol. The molecular formula is C9H21NO3S. The molecule has 14 heavy (non-hydrogen) atoms. The van der Waals surface area contributed by atoms with Gasteiger partial charge in [0.15, 0.2) is 0 Å². The molecule has 0 aliphatic carbocycles. The Hall–Kier alpha value is -0.130. The molecule has 0 unspecified atom stereocenters. The minimum atomic E-state index is -3.07. The Balaban J connectivity index is 4.39. The van der Waals surface area contributed by atoms with Gasteiger partial charge in [0.1, 0.15) is 0 Å². The lowest BCUT2D eigenvalue weighted by atomic mass is 10.2.